The Morgan fingerprint density at radius 1 is 1.50 bits per heavy atom. The van der Waals surface area contributed by atoms with Crippen LogP contribution >= 0.6 is 15.9 Å². The number of carbonyl (C=O) groups is 1. The molecule has 0 spiro atoms. The first kappa shape index (κ1) is 16.7. The number of nitrogens with one attached hydrogen (secondary N) is 1. The fourth-order valence-electron chi connectivity index (χ4n) is 2.52. The van der Waals surface area contributed by atoms with Crippen molar-refractivity contribution in [2.75, 3.05) is 0 Å². The van der Waals surface area contributed by atoms with Crippen LogP contribution < -0.4 is 5.32 Å². The van der Waals surface area contributed by atoms with E-state index in [2.05, 4.69) is 31.5 Å². The summed E-state index contributed by atoms with van der Waals surface area (Å²) in [6.45, 7) is 4.73. The van der Waals surface area contributed by atoms with Gasteiger partial charge in [0.15, 0.2) is 0 Å². The van der Waals surface area contributed by atoms with Crippen LogP contribution in [0.5, 0.6) is 0 Å². The van der Waals surface area contributed by atoms with Crippen molar-refractivity contribution in [3.05, 3.63) is 52.3 Å². The lowest BCUT2D eigenvalue weighted by molar-refractivity contribution is -0.131. The van der Waals surface area contributed by atoms with Crippen molar-refractivity contribution in [2.24, 2.45) is 5.16 Å². The maximum absolute atomic E-state index is 12.4. The Labute approximate surface area is 149 Å². The first-order chi connectivity index (χ1) is 11.6. The van der Waals surface area contributed by atoms with Gasteiger partial charge < -0.3 is 10.2 Å². The molecule has 2 aromatic rings. The highest BCUT2D eigenvalue weighted by Gasteiger charge is 2.30. The van der Waals surface area contributed by atoms with E-state index in [4.69, 9.17) is 4.84 Å². The molecule has 1 aromatic heterocycles. The molecule has 3 rings (SSSR count). The maximum atomic E-state index is 12.4. The van der Waals surface area contributed by atoms with Crippen LogP contribution in [0.4, 0.5) is 0 Å². The number of oxime groups is 1. The van der Waals surface area contributed by atoms with E-state index in [9.17, 15) is 4.79 Å². The third kappa shape index (κ3) is 3.67. The van der Waals surface area contributed by atoms with Crippen LogP contribution in [0, 0.1) is 0 Å². The lowest BCUT2D eigenvalue weighted by atomic mass is 10.0. The molecule has 0 bridgehead atoms. The van der Waals surface area contributed by atoms with Crippen molar-refractivity contribution in [1.29, 1.82) is 0 Å². The minimum absolute atomic E-state index is 0.177. The summed E-state index contributed by atoms with van der Waals surface area (Å²) in [5.41, 5.74) is 2.56. The van der Waals surface area contributed by atoms with E-state index in [-0.39, 0.29) is 11.9 Å². The third-order valence-corrected chi connectivity index (χ3v) is 4.40. The van der Waals surface area contributed by atoms with Crippen LogP contribution in [0.25, 0.3) is 0 Å². The van der Waals surface area contributed by atoms with Gasteiger partial charge in [0.05, 0.1) is 17.4 Å². The number of aryl methyl sites for hydroxylation is 1. The average molecular weight is 391 g/mol. The number of aromatic nitrogens is 2. The van der Waals surface area contributed by atoms with Crippen LogP contribution in [-0.2, 0) is 16.2 Å². The molecule has 1 aliphatic rings. The zero-order valence-electron chi connectivity index (χ0n) is 13.6. The second-order valence-corrected chi connectivity index (χ2v) is 6.59. The molecule has 0 aliphatic carbocycles. The molecule has 1 aliphatic heterocycles. The summed E-state index contributed by atoms with van der Waals surface area (Å²) in [7, 11) is 0. The predicted molar refractivity (Wildman–Crippen MR) is 94.6 cm³/mol. The molecule has 0 fully saturated rings. The Morgan fingerprint density at radius 3 is 3.04 bits per heavy atom. The van der Waals surface area contributed by atoms with Crippen LogP contribution in [-0.4, -0.2) is 27.5 Å². The van der Waals surface area contributed by atoms with Gasteiger partial charge in [0, 0.05) is 29.2 Å². The van der Waals surface area contributed by atoms with Gasteiger partial charge in [-0.3, -0.25) is 9.48 Å². The Bertz CT molecular complexity index is 771. The highest BCUT2D eigenvalue weighted by Crippen LogP contribution is 2.20. The van der Waals surface area contributed by atoms with Crippen LogP contribution in [0.1, 0.15) is 37.6 Å². The molecule has 2 heterocycles. The molecule has 0 saturated carbocycles. The average Bonchev–Trinajstić information content (AvgIpc) is 3.24. The second-order valence-electron chi connectivity index (χ2n) is 5.67. The molecule has 0 saturated heterocycles. The summed E-state index contributed by atoms with van der Waals surface area (Å²) < 4.78 is 2.80. The molecule has 1 N–H and O–H groups in total. The van der Waals surface area contributed by atoms with Gasteiger partial charge in [-0.15, -0.1) is 0 Å². The largest absolute Gasteiger partial charge is 0.382 e. The fourth-order valence-corrected chi connectivity index (χ4v) is 2.92. The lowest BCUT2D eigenvalue weighted by Crippen LogP contribution is -2.36. The topological polar surface area (TPSA) is 68.5 Å². The number of benzene rings is 1. The van der Waals surface area contributed by atoms with Crippen LogP contribution in [0.15, 0.2) is 46.2 Å². The molecule has 7 heteroatoms. The summed E-state index contributed by atoms with van der Waals surface area (Å²) in [5.74, 6) is -0.178. The van der Waals surface area contributed by atoms with Gasteiger partial charge in [-0.1, -0.05) is 33.2 Å². The van der Waals surface area contributed by atoms with Gasteiger partial charge in [0.25, 0.3) is 5.91 Å². The molecule has 6 nitrogen and oxygen atoms in total. The van der Waals surface area contributed by atoms with Crippen molar-refractivity contribution < 1.29 is 9.63 Å². The van der Waals surface area contributed by atoms with Crippen LogP contribution in [0.2, 0.25) is 0 Å². The number of hydrogen-bond acceptors (Lipinski definition) is 4. The monoisotopic (exact) mass is 390 g/mol. The van der Waals surface area contributed by atoms with Crippen molar-refractivity contribution in [3.63, 3.8) is 0 Å². The molecule has 126 valence electrons. The molecule has 1 amide bonds. The molecule has 24 heavy (non-hydrogen) atoms. The number of carbonyl (C=O) groups excluding carboxylic acids is 1. The van der Waals surface area contributed by atoms with Crippen molar-refractivity contribution in [1.82, 2.24) is 15.1 Å². The molecule has 0 radical (unpaired) electrons. The van der Waals surface area contributed by atoms with Gasteiger partial charge in [-0.25, -0.2) is 0 Å². The number of rotatable bonds is 5. The SMILES string of the molecule is CCn1ccc(C(C)NC(=O)C2CC(c3cccc(Br)c3)=NO2)n1. The summed E-state index contributed by atoms with van der Waals surface area (Å²) in [5, 5.41) is 11.4. The van der Waals surface area contributed by atoms with Gasteiger partial charge in [-0.05, 0) is 32.0 Å². The number of hydrogen-bond donors (Lipinski definition) is 1. The highest BCUT2D eigenvalue weighted by molar-refractivity contribution is 9.10. The third-order valence-electron chi connectivity index (χ3n) is 3.91. The maximum Gasteiger partial charge on any atom is 0.264 e. The Balaban J connectivity index is 1.59. The minimum atomic E-state index is -0.602. The lowest BCUT2D eigenvalue weighted by Gasteiger charge is -2.14. The normalized spacial score (nSPS) is 18.0. The van der Waals surface area contributed by atoms with E-state index in [0.717, 1.165) is 28.0 Å². The first-order valence-electron chi connectivity index (χ1n) is 7.89. The van der Waals surface area contributed by atoms with E-state index in [1.165, 1.54) is 0 Å². The van der Waals surface area contributed by atoms with Gasteiger partial charge in [0.1, 0.15) is 0 Å². The zero-order valence-corrected chi connectivity index (χ0v) is 15.2. The van der Waals surface area contributed by atoms with E-state index < -0.39 is 6.10 Å². The van der Waals surface area contributed by atoms with E-state index in [0.29, 0.717) is 6.42 Å². The standard InChI is InChI=1S/C17H19BrN4O2/c1-3-22-8-7-14(20-22)11(2)19-17(23)16-10-15(21-24-16)12-5-4-6-13(18)9-12/h4-9,11,16H,3,10H2,1-2H3,(H,19,23). The second kappa shape index (κ2) is 7.17. The van der Waals surface area contributed by atoms with E-state index in [1.807, 2.05) is 55.1 Å². The number of halogens is 1. The first-order valence-corrected chi connectivity index (χ1v) is 8.68. The van der Waals surface area contributed by atoms with E-state index in [1.54, 1.807) is 0 Å². The summed E-state index contributed by atoms with van der Waals surface area (Å²) in [4.78, 5) is 17.7. The Morgan fingerprint density at radius 2 is 2.33 bits per heavy atom. The molecule has 2 unspecified atom stereocenters. The van der Waals surface area contributed by atoms with Crippen molar-refractivity contribution in [2.45, 2.75) is 39.0 Å². The van der Waals surface area contributed by atoms with Gasteiger partial charge in [0.2, 0.25) is 6.10 Å². The smallest absolute Gasteiger partial charge is 0.264 e. The zero-order chi connectivity index (χ0) is 17.1. The summed E-state index contributed by atoms with van der Waals surface area (Å²) in [6.07, 6.45) is 1.76. The molecule has 1 aromatic carbocycles. The van der Waals surface area contributed by atoms with Gasteiger partial charge in [-0.2, -0.15) is 5.10 Å². The molecular weight excluding hydrogens is 372 g/mol. The van der Waals surface area contributed by atoms with Crippen molar-refractivity contribution in [3.8, 4) is 0 Å². The number of nitrogens with zero attached hydrogens (tertiary/aromatic N) is 3. The molecule has 2 atom stereocenters. The van der Waals surface area contributed by atoms with Crippen molar-refractivity contribution >= 4 is 27.5 Å². The van der Waals surface area contributed by atoms with Crippen LogP contribution in [0.3, 0.4) is 0 Å². The quantitative estimate of drug-likeness (QED) is 0.852. The predicted octanol–water partition coefficient (Wildman–Crippen LogP) is 3.04. The van der Waals surface area contributed by atoms with E-state index >= 15 is 0 Å². The highest BCUT2D eigenvalue weighted by atomic mass is 79.9. The number of amides is 1. The fraction of sp³-hybridized carbons (Fsp3) is 0.353. The Hall–Kier alpha value is -2.15. The Kier molecular flexibility index (Phi) is 4.99. The minimum Gasteiger partial charge on any atom is -0.382 e. The molecular formula is C17H19BrN4O2. The summed E-state index contributed by atoms with van der Waals surface area (Å²) >= 11 is 3.44. The summed E-state index contributed by atoms with van der Waals surface area (Å²) in [6, 6.07) is 9.52. The van der Waals surface area contributed by atoms with Gasteiger partial charge >= 0.3 is 0 Å².